The Hall–Kier alpha value is -1.64. The highest BCUT2D eigenvalue weighted by Crippen LogP contribution is 2.22. The minimum atomic E-state index is -0.656. The van der Waals surface area contributed by atoms with Gasteiger partial charge in [0.1, 0.15) is 5.92 Å². The molecule has 0 fully saturated rings. The second-order valence-electron chi connectivity index (χ2n) is 4.28. The van der Waals surface area contributed by atoms with Crippen molar-refractivity contribution in [2.45, 2.75) is 13.0 Å². The molecular formula is C15H13BrN2OS. The first-order chi connectivity index (χ1) is 9.70. The van der Waals surface area contributed by atoms with Crippen molar-refractivity contribution in [2.24, 2.45) is 5.92 Å². The van der Waals surface area contributed by atoms with E-state index in [1.807, 2.05) is 41.8 Å². The fraction of sp³-hybridized carbons (Fsp3) is 0.200. The number of nitriles is 1. The van der Waals surface area contributed by atoms with E-state index in [2.05, 4.69) is 27.3 Å². The average Bonchev–Trinajstić information content (AvgIpc) is 2.88. The van der Waals surface area contributed by atoms with E-state index in [1.165, 1.54) is 0 Å². The predicted molar refractivity (Wildman–Crippen MR) is 83.1 cm³/mol. The minimum Gasteiger partial charge on any atom is -0.350 e. The van der Waals surface area contributed by atoms with Crippen LogP contribution >= 0.6 is 27.3 Å². The van der Waals surface area contributed by atoms with E-state index in [0.717, 1.165) is 14.9 Å². The van der Waals surface area contributed by atoms with Gasteiger partial charge in [-0.1, -0.05) is 30.3 Å². The summed E-state index contributed by atoms with van der Waals surface area (Å²) in [5, 5.41) is 13.9. The third-order valence-corrected chi connectivity index (χ3v) is 4.80. The van der Waals surface area contributed by atoms with E-state index < -0.39 is 5.92 Å². The van der Waals surface area contributed by atoms with Gasteiger partial charge < -0.3 is 5.32 Å². The van der Waals surface area contributed by atoms with Crippen LogP contribution in [0.3, 0.4) is 0 Å². The predicted octanol–water partition coefficient (Wildman–Crippen LogP) is 3.51. The number of rotatable bonds is 5. The lowest BCUT2D eigenvalue weighted by Crippen LogP contribution is -2.30. The van der Waals surface area contributed by atoms with E-state index in [0.29, 0.717) is 13.0 Å². The molecule has 0 spiro atoms. The van der Waals surface area contributed by atoms with Gasteiger partial charge >= 0.3 is 0 Å². The zero-order valence-corrected chi connectivity index (χ0v) is 13.1. The van der Waals surface area contributed by atoms with Gasteiger partial charge in [0.2, 0.25) is 5.91 Å². The molecule has 0 radical (unpaired) electrons. The first kappa shape index (κ1) is 14.8. The van der Waals surface area contributed by atoms with Gasteiger partial charge in [-0.3, -0.25) is 4.79 Å². The van der Waals surface area contributed by atoms with Crippen LogP contribution < -0.4 is 5.32 Å². The van der Waals surface area contributed by atoms with Crippen LogP contribution in [0.5, 0.6) is 0 Å². The number of nitrogens with zero attached hydrogens (tertiary/aromatic N) is 1. The average molecular weight is 349 g/mol. The molecule has 20 heavy (non-hydrogen) atoms. The molecule has 2 aromatic rings. The Kier molecular flexibility index (Phi) is 5.33. The van der Waals surface area contributed by atoms with Crippen molar-refractivity contribution in [2.75, 3.05) is 0 Å². The molecule has 0 aliphatic rings. The molecule has 1 unspecified atom stereocenters. The molecule has 1 aromatic heterocycles. The van der Waals surface area contributed by atoms with Crippen molar-refractivity contribution in [3.63, 3.8) is 0 Å². The van der Waals surface area contributed by atoms with E-state index in [9.17, 15) is 4.79 Å². The molecule has 1 heterocycles. The van der Waals surface area contributed by atoms with E-state index in [4.69, 9.17) is 5.26 Å². The molecule has 0 aliphatic carbocycles. The van der Waals surface area contributed by atoms with Crippen molar-refractivity contribution in [3.05, 3.63) is 56.7 Å². The number of hydrogen-bond acceptors (Lipinski definition) is 3. The van der Waals surface area contributed by atoms with E-state index in [-0.39, 0.29) is 5.91 Å². The highest BCUT2D eigenvalue weighted by Gasteiger charge is 2.18. The maximum atomic E-state index is 12.0. The molecule has 1 amide bonds. The Bertz CT molecular complexity index is 618. The van der Waals surface area contributed by atoms with Gasteiger partial charge in [0, 0.05) is 9.35 Å². The lowest BCUT2D eigenvalue weighted by atomic mass is 10.00. The zero-order valence-electron chi connectivity index (χ0n) is 10.7. The Balaban J connectivity index is 1.93. The fourth-order valence-electron chi connectivity index (χ4n) is 1.79. The first-order valence-electron chi connectivity index (χ1n) is 6.14. The standard InChI is InChI=1S/C15H13BrN2OS/c16-13-6-7-20-14(13)10-18-15(19)12(9-17)8-11-4-2-1-3-5-11/h1-7,12H,8,10H2,(H,18,19). The summed E-state index contributed by atoms with van der Waals surface area (Å²) in [4.78, 5) is 13.1. The van der Waals surface area contributed by atoms with Gasteiger partial charge in [0.05, 0.1) is 12.6 Å². The van der Waals surface area contributed by atoms with Gasteiger partial charge in [-0.25, -0.2) is 0 Å². The first-order valence-corrected chi connectivity index (χ1v) is 7.81. The molecule has 1 atom stereocenters. The number of amides is 1. The second-order valence-corrected chi connectivity index (χ2v) is 6.14. The quantitative estimate of drug-likeness (QED) is 0.898. The highest BCUT2D eigenvalue weighted by atomic mass is 79.9. The SMILES string of the molecule is N#CC(Cc1ccccc1)C(=O)NCc1sccc1Br. The number of carbonyl (C=O) groups is 1. The Morgan fingerprint density at radius 2 is 2.10 bits per heavy atom. The monoisotopic (exact) mass is 348 g/mol. The molecule has 0 saturated heterocycles. The normalized spacial score (nSPS) is 11.6. The van der Waals surface area contributed by atoms with E-state index in [1.54, 1.807) is 11.3 Å². The van der Waals surface area contributed by atoms with Crippen molar-refractivity contribution >= 4 is 33.2 Å². The Morgan fingerprint density at radius 3 is 2.70 bits per heavy atom. The smallest absolute Gasteiger partial charge is 0.237 e. The number of carbonyl (C=O) groups excluding carboxylic acids is 1. The summed E-state index contributed by atoms with van der Waals surface area (Å²) in [5.41, 5.74) is 0.992. The van der Waals surface area contributed by atoms with Gasteiger partial charge in [0.25, 0.3) is 0 Å². The summed E-state index contributed by atoms with van der Waals surface area (Å²) in [6, 6.07) is 13.6. The van der Waals surface area contributed by atoms with Crippen LogP contribution in [0, 0.1) is 17.2 Å². The summed E-state index contributed by atoms with van der Waals surface area (Å²) in [6.45, 7) is 0.448. The van der Waals surface area contributed by atoms with Crippen LogP contribution in [0.4, 0.5) is 0 Å². The molecule has 0 bridgehead atoms. The summed E-state index contributed by atoms with van der Waals surface area (Å²) in [6.07, 6.45) is 0.439. The number of benzene rings is 1. The van der Waals surface area contributed by atoms with Crippen molar-refractivity contribution in [3.8, 4) is 6.07 Å². The van der Waals surface area contributed by atoms with Gasteiger partial charge in [0.15, 0.2) is 0 Å². The number of nitrogens with one attached hydrogen (secondary N) is 1. The molecular weight excluding hydrogens is 336 g/mol. The molecule has 1 N–H and O–H groups in total. The Morgan fingerprint density at radius 1 is 1.35 bits per heavy atom. The Labute approximate surface area is 130 Å². The summed E-state index contributed by atoms with van der Waals surface area (Å²) >= 11 is 4.99. The van der Waals surface area contributed by atoms with Crippen molar-refractivity contribution in [1.82, 2.24) is 5.32 Å². The molecule has 102 valence electrons. The number of thiophene rings is 1. The van der Waals surface area contributed by atoms with Crippen LogP contribution in [0.15, 0.2) is 46.3 Å². The maximum Gasteiger partial charge on any atom is 0.237 e. The maximum absolute atomic E-state index is 12.0. The topological polar surface area (TPSA) is 52.9 Å². The largest absolute Gasteiger partial charge is 0.350 e. The third-order valence-electron chi connectivity index (χ3n) is 2.87. The molecule has 1 aromatic carbocycles. The van der Waals surface area contributed by atoms with Crippen LogP contribution in [-0.2, 0) is 17.8 Å². The second kappa shape index (κ2) is 7.22. The summed E-state index contributed by atoms with van der Waals surface area (Å²) in [5.74, 6) is -0.882. The van der Waals surface area contributed by atoms with Gasteiger partial charge in [-0.15, -0.1) is 11.3 Å². The van der Waals surface area contributed by atoms with Crippen molar-refractivity contribution in [1.29, 1.82) is 5.26 Å². The van der Waals surface area contributed by atoms with Crippen LogP contribution in [0.25, 0.3) is 0 Å². The van der Waals surface area contributed by atoms with Crippen molar-refractivity contribution < 1.29 is 4.79 Å². The summed E-state index contributed by atoms with van der Waals surface area (Å²) in [7, 11) is 0. The lowest BCUT2D eigenvalue weighted by Gasteiger charge is -2.10. The van der Waals surface area contributed by atoms with Crippen LogP contribution in [-0.4, -0.2) is 5.91 Å². The lowest BCUT2D eigenvalue weighted by molar-refractivity contribution is -0.123. The van der Waals surface area contributed by atoms with Crippen LogP contribution in [0.1, 0.15) is 10.4 Å². The number of halogens is 1. The summed E-state index contributed by atoms with van der Waals surface area (Å²) < 4.78 is 0.986. The van der Waals surface area contributed by atoms with E-state index >= 15 is 0 Å². The zero-order chi connectivity index (χ0) is 14.4. The molecule has 2 rings (SSSR count). The highest BCUT2D eigenvalue weighted by molar-refractivity contribution is 9.10. The number of hydrogen-bond donors (Lipinski definition) is 1. The fourth-order valence-corrected chi connectivity index (χ4v) is 3.22. The van der Waals surface area contributed by atoms with Gasteiger partial charge in [-0.2, -0.15) is 5.26 Å². The molecule has 0 aliphatic heterocycles. The minimum absolute atomic E-state index is 0.225. The third kappa shape index (κ3) is 3.92. The van der Waals surface area contributed by atoms with Crippen LogP contribution in [0.2, 0.25) is 0 Å². The van der Waals surface area contributed by atoms with Gasteiger partial charge in [-0.05, 0) is 39.4 Å². The molecule has 0 saturated carbocycles. The molecule has 3 nitrogen and oxygen atoms in total. The molecule has 5 heteroatoms.